The van der Waals surface area contributed by atoms with Crippen LogP contribution < -0.4 is 16.0 Å². The fourth-order valence-electron chi connectivity index (χ4n) is 3.20. The summed E-state index contributed by atoms with van der Waals surface area (Å²) in [5.41, 5.74) is 2.47. The molecule has 0 aliphatic heterocycles. The summed E-state index contributed by atoms with van der Waals surface area (Å²) in [5.74, 6) is 1.09. The van der Waals surface area contributed by atoms with E-state index in [0.717, 1.165) is 10.4 Å². The molecule has 5 aromatic rings. The number of carbonyl (C=O) groups is 1. The average Bonchev–Trinajstić information content (AvgIpc) is 3.47. The Morgan fingerprint density at radius 2 is 1.91 bits per heavy atom. The number of oxazole rings is 1. The molecule has 0 aliphatic carbocycles. The van der Waals surface area contributed by atoms with Gasteiger partial charge in [-0.1, -0.05) is 35.9 Å². The summed E-state index contributed by atoms with van der Waals surface area (Å²) in [6.07, 6.45) is 3.86. The van der Waals surface area contributed by atoms with E-state index in [0.29, 0.717) is 51.7 Å². The van der Waals surface area contributed by atoms with Gasteiger partial charge in [-0.3, -0.25) is 5.32 Å². The molecule has 11 heteroatoms. The highest BCUT2D eigenvalue weighted by Crippen LogP contribution is 2.26. The molecule has 2 aromatic carbocycles. The van der Waals surface area contributed by atoms with Gasteiger partial charge in [-0.05, 0) is 30.3 Å². The Labute approximate surface area is 203 Å². The van der Waals surface area contributed by atoms with E-state index >= 15 is 0 Å². The summed E-state index contributed by atoms with van der Waals surface area (Å²) in [4.78, 5) is 30.5. The van der Waals surface area contributed by atoms with Gasteiger partial charge in [-0.25, -0.2) is 19.7 Å². The molecule has 0 unspecified atom stereocenters. The Bertz CT molecular complexity index is 1440. The summed E-state index contributed by atoms with van der Waals surface area (Å²) >= 11 is 7.34. The standard InChI is InChI=1S/C23H18ClN7O2S/c24-15-7-4-8-16(11-15)29-22(32)31-23-26-12-17(34-23)9-10-25-19-18-21(28-13-27-19)33-20(30-18)14-5-2-1-3-6-14/h1-8,11-13H,9-10H2,(H,25,27,28)(H2,26,29,31,32). The molecule has 3 aromatic heterocycles. The Kier molecular flexibility index (Phi) is 6.32. The number of hydrogen-bond acceptors (Lipinski definition) is 8. The van der Waals surface area contributed by atoms with Crippen molar-refractivity contribution in [3.05, 3.63) is 77.0 Å². The number of urea groups is 1. The number of thiazole rings is 1. The van der Waals surface area contributed by atoms with Crippen LogP contribution in [0.1, 0.15) is 4.88 Å². The van der Waals surface area contributed by atoms with Gasteiger partial charge in [0.05, 0.1) is 0 Å². The van der Waals surface area contributed by atoms with E-state index in [9.17, 15) is 4.79 Å². The van der Waals surface area contributed by atoms with Gasteiger partial charge in [0, 0.05) is 40.3 Å². The van der Waals surface area contributed by atoms with E-state index in [-0.39, 0.29) is 6.03 Å². The predicted octanol–water partition coefficient (Wildman–Crippen LogP) is 5.69. The summed E-state index contributed by atoms with van der Waals surface area (Å²) in [5, 5.41) is 9.79. The van der Waals surface area contributed by atoms with Gasteiger partial charge in [-0.2, -0.15) is 4.98 Å². The second kappa shape index (κ2) is 9.86. The number of aromatic nitrogens is 4. The number of amides is 2. The maximum atomic E-state index is 12.2. The molecule has 0 radical (unpaired) electrons. The van der Waals surface area contributed by atoms with Crippen LogP contribution >= 0.6 is 22.9 Å². The number of hydrogen-bond donors (Lipinski definition) is 3. The first-order valence-corrected chi connectivity index (χ1v) is 11.5. The lowest BCUT2D eigenvalue weighted by Gasteiger charge is -2.05. The van der Waals surface area contributed by atoms with E-state index in [1.807, 2.05) is 30.3 Å². The second-order valence-electron chi connectivity index (χ2n) is 7.16. The molecular formula is C23H18ClN7O2S. The van der Waals surface area contributed by atoms with Gasteiger partial charge in [0.1, 0.15) is 6.33 Å². The first kappa shape index (κ1) is 21.8. The Hall–Kier alpha value is -4.02. The number of carbonyl (C=O) groups excluding carboxylic acids is 1. The van der Waals surface area contributed by atoms with E-state index < -0.39 is 0 Å². The van der Waals surface area contributed by atoms with Crippen LogP contribution in [0, 0.1) is 0 Å². The van der Waals surface area contributed by atoms with Crippen molar-refractivity contribution in [2.45, 2.75) is 6.42 Å². The molecule has 0 bridgehead atoms. The largest absolute Gasteiger partial charge is 0.417 e. The Morgan fingerprint density at radius 1 is 1.03 bits per heavy atom. The monoisotopic (exact) mass is 491 g/mol. The molecule has 5 rings (SSSR count). The van der Waals surface area contributed by atoms with Crippen molar-refractivity contribution in [3.63, 3.8) is 0 Å². The zero-order valence-corrected chi connectivity index (χ0v) is 19.2. The highest BCUT2D eigenvalue weighted by molar-refractivity contribution is 7.15. The van der Waals surface area contributed by atoms with Crippen molar-refractivity contribution in [1.29, 1.82) is 0 Å². The highest BCUT2D eigenvalue weighted by Gasteiger charge is 2.14. The molecular weight excluding hydrogens is 474 g/mol. The van der Waals surface area contributed by atoms with E-state index in [1.54, 1.807) is 30.5 Å². The summed E-state index contributed by atoms with van der Waals surface area (Å²) < 4.78 is 5.79. The molecule has 3 N–H and O–H groups in total. The van der Waals surface area contributed by atoms with Crippen LogP contribution in [0.25, 0.3) is 22.7 Å². The van der Waals surface area contributed by atoms with Crippen LogP contribution in [-0.2, 0) is 6.42 Å². The number of benzene rings is 2. The van der Waals surface area contributed by atoms with Gasteiger partial charge in [-0.15, -0.1) is 11.3 Å². The third kappa shape index (κ3) is 5.13. The third-order valence-corrected chi connectivity index (χ3v) is 5.94. The predicted molar refractivity (Wildman–Crippen MR) is 133 cm³/mol. The smallest absolute Gasteiger partial charge is 0.325 e. The van der Waals surface area contributed by atoms with Gasteiger partial charge in [0.2, 0.25) is 5.89 Å². The molecule has 0 aliphatic rings. The zero-order valence-electron chi connectivity index (χ0n) is 17.7. The normalized spacial score (nSPS) is 10.9. The molecule has 0 atom stereocenters. The van der Waals surface area contributed by atoms with Crippen molar-refractivity contribution in [2.75, 3.05) is 22.5 Å². The maximum Gasteiger partial charge on any atom is 0.325 e. The minimum Gasteiger partial charge on any atom is -0.417 e. The molecule has 2 amide bonds. The second-order valence-corrected chi connectivity index (χ2v) is 8.71. The number of halogens is 1. The minimum atomic E-state index is -0.384. The summed E-state index contributed by atoms with van der Waals surface area (Å²) in [6, 6.07) is 16.2. The van der Waals surface area contributed by atoms with Crippen molar-refractivity contribution < 1.29 is 9.21 Å². The van der Waals surface area contributed by atoms with E-state index in [4.69, 9.17) is 16.0 Å². The number of nitrogens with zero attached hydrogens (tertiary/aromatic N) is 4. The van der Waals surface area contributed by atoms with Gasteiger partial charge in [0.15, 0.2) is 16.5 Å². The lowest BCUT2D eigenvalue weighted by Crippen LogP contribution is -2.19. The van der Waals surface area contributed by atoms with Crippen LogP contribution in [0.3, 0.4) is 0 Å². The molecule has 34 heavy (non-hydrogen) atoms. The minimum absolute atomic E-state index is 0.384. The Morgan fingerprint density at radius 3 is 2.76 bits per heavy atom. The van der Waals surface area contributed by atoms with Crippen molar-refractivity contribution in [2.24, 2.45) is 0 Å². The molecule has 0 fully saturated rings. The van der Waals surface area contributed by atoms with Crippen molar-refractivity contribution in [3.8, 4) is 11.5 Å². The van der Waals surface area contributed by atoms with E-state index in [1.165, 1.54) is 17.7 Å². The van der Waals surface area contributed by atoms with Gasteiger partial charge >= 0.3 is 6.03 Å². The van der Waals surface area contributed by atoms with Crippen LogP contribution in [-0.4, -0.2) is 32.5 Å². The van der Waals surface area contributed by atoms with Crippen LogP contribution in [0.2, 0.25) is 5.02 Å². The molecule has 0 spiro atoms. The highest BCUT2D eigenvalue weighted by atomic mass is 35.5. The zero-order chi connectivity index (χ0) is 23.3. The molecule has 9 nitrogen and oxygen atoms in total. The molecule has 3 heterocycles. The maximum absolute atomic E-state index is 12.2. The average molecular weight is 492 g/mol. The first-order valence-electron chi connectivity index (χ1n) is 10.3. The third-order valence-electron chi connectivity index (χ3n) is 4.74. The lowest BCUT2D eigenvalue weighted by atomic mass is 10.2. The van der Waals surface area contributed by atoms with Crippen molar-refractivity contribution >= 4 is 56.8 Å². The van der Waals surface area contributed by atoms with E-state index in [2.05, 4.69) is 35.9 Å². The quantitative estimate of drug-likeness (QED) is 0.267. The van der Waals surface area contributed by atoms with Crippen LogP contribution in [0.4, 0.5) is 21.4 Å². The number of rotatable bonds is 7. The first-order chi connectivity index (χ1) is 16.6. The lowest BCUT2D eigenvalue weighted by molar-refractivity contribution is 0.262. The number of anilines is 3. The molecule has 0 saturated carbocycles. The van der Waals surface area contributed by atoms with Crippen LogP contribution in [0.5, 0.6) is 0 Å². The van der Waals surface area contributed by atoms with Crippen molar-refractivity contribution in [1.82, 2.24) is 19.9 Å². The van der Waals surface area contributed by atoms with Gasteiger partial charge in [0.25, 0.3) is 5.71 Å². The van der Waals surface area contributed by atoms with Gasteiger partial charge < -0.3 is 15.1 Å². The SMILES string of the molecule is O=C(Nc1cccc(Cl)c1)Nc1ncc(CCNc2ncnc3oc(-c4ccccc4)nc23)s1. The molecule has 170 valence electrons. The molecule has 0 saturated heterocycles. The number of fused-ring (bicyclic) bond motifs is 1. The Balaban J connectivity index is 1.18. The summed E-state index contributed by atoms with van der Waals surface area (Å²) in [6.45, 7) is 0.593. The number of nitrogens with one attached hydrogen (secondary N) is 3. The fourth-order valence-corrected chi connectivity index (χ4v) is 4.20. The summed E-state index contributed by atoms with van der Waals surface area (Å²) in [7, 11) is 0. The fraction of sp³-hybridized carbons (Fsp3) is 0.0870. The van der Waals surface area contributed by atoms with Crippen LogP contribution in [0.15, 0.2) is 71.5 Å². The topological polar surface area (TPSA) is 118 Å².